The molecule has 0 saturated carbocycles. The second-order valence-electron chi connectivity index (χ2n) is 2.35. The Morgan fingerprint density at radius 3 is 2.54 bits per heavy atom. The Bertz CT molecular complexity index is 289. The van der Waals surface area contributed by atoms with Gasteiger partial charge in [0.05, 0.1) is 5.56 Å². The number of rotatable bonds is 2. The Balaban J connectivity index is 2.92. The highest BCUT2D eigenvalue weighted by Gasteiger charge is 2.30. The summed E-state index contributed by atoms with van der Waals surface area (Å²) in [6.45, 7) is 0. The monoisotopic (exact) mass is 188 g/mol. The van der Waals surface area contributed by atoms with Crippen molar-refractivity contribution in [1.82, 2.24) is 0 Å². The van der Waals surface area contributed by atoms with Crippen molar-refractivity contribution in [1.29, 1.82) is 0 Å². The average Bonchev–Trinajstić information content (AvgIpc) is 2.04. The van der Waals surface area contributed by atoms with E-state index in [1.54, 1.807) is 0 Å². The normalized spacial score (nSPS) is 11.1. The first-order valence-electron chi connectivity index (χ1n) is 3.44. The van der Waals surface area contributed by atoms with Gasteiger partial charge in [-0.3, -0.25) is 0 Å². The maximum Gasteiger partial charge on any atom is 0.433 e. The van der Waals surface area contributed by atoms with Crippen LogP contribution in [0.3, 0.4) is 0 Å². The first-order valence-corrected chi connectivity index (χ1v) is 3.44. The van der Waals surface area contributed by atoms with Crippen LogP contribution in [0.5, 0.6) is 0 Å². The third-order valence-electron chi connectivity index (χ3n) is 1.42. The van der Waals surface area contributed by atoms with Crippen LogP contribution in [0.25, 0.3) is 0 Å². The minimum absolute atomic E-state index is 0.192. The molecule has 0 aliphatic heterocycles. The molecule has 0 aliphatic rings. The summed E-state index contributed by atoms with van der Waals surface area (Å²) in [6.07, 6.45) is -4.35. The Kier molecular flexibility index (Phi) is 2.82. The maximum atomic E-state index is 12.1. The lowest BCUT2D eigenvalue weighted by atomic mass is 10.1. The van der Waals surface area contributed by atoms with E-state index in [0.717, 1.165) is 12.1 Å². The molecule has 13 heavy (non-hydrogen) atoms. The minimum atomic E-state index is -4.35. The van der Waals surface area contributed by atoms with Crippen molar-refractivity contribution < 1.29 is 18.2 Å². The number of anilines is 1. The van der Waals surface area contributed by atoms with Crippen molar-refractivity contribution in [2.24, 2.45) is 0 Å². The lowest BCUT2D eigenvalue weighted by Gasteiger charge is -2.08. The molecule has 0 aromatic heterocycles. The van der Waals surface area contributed by atoms with E-state index in [2.05, 4.69) is 5.23 Å². The van der Waals surface area contributed by atoms with Gasteiger partial charge < -0.3 is 10.3 Å². The maximum absolute atomic E-state index is 12.1. The molecule has 1 radical (unpaired) electrons. The van der Waals surface area contributed by atoms with E-state index in [1.807, 2.05) is 0 Å². The van der Waals surface area contributed by atoms with Gasteiger partial charge in [-0.15, -0.1) is 0 Å². The van der Waals surface area contributed by atoms with Gasteiger partial charge >= 0.3 is 13.8 Å². The smallest absolute Gasteiger partial charge is 0.433 e. The van der Waals surface area contributed by atoms with E-state index >= 15 is 0 Å². The Hall–Kier alpha value is -1.17. The molecule has 0 atom stereocenters. The molecule has 0 spiro atoms. The summed E-state index contributed by atoms with van der Waals surface area (Å²) in [5.41, 5.74) is -0.559. The molecule has 0 bridgehead atoms. The van der Waals surface area contributed by atoms with Gasteiger partial charge in [0.25, 0.3) is 0 Å². The third kappa shape index (κ3) is 2.66. The quantitative estimate of drug-likeness (QED) is 0.691. The highest BCUT2D eigenvalue weighted by molar-refractivity contribution is 6.30. The molecule has 0 amide bonds. The molecule has 69 valence electrons. The first kappa shape index (κ1) is 9.92. The summed E-state index contributed by atoms with van der Waals surface area (Å²) >= 11 is 0. The molecule has 1 rings (SSSR count). The van der Waals surface area contributed by atoms with E-state index in [4.69, 9.17) is 5.02 Å². The fraction of sp³-hybridized carbons (Fsp3) is 0.143. The number of alkyl halides is 3. The number of hydrogen-bond acceptors (Lipinski definition) is 2. The Morgan fingerprint density at radius 1 is 1.31 bits per heavy atom. The predicted molar refractivity (Wildman–Crippen MR) is 43.0 cm³/mol. The third-order valence-corrected chi connectivity index (χ3v) is 1.42. The second-order valence-corrected chi connectivity index (χ2v) is 2.35. The van der Waals surface area contributed by atoms with Crippen LogP contribution in [-0.4, -0.2) is 12.6 Å². The van der Waals surface area contributed by atoms with Crippen molar-refractivity contribution in [3.05, 3.63) is 29.8 Å². The van der Waals surface area contributed by atoms with Crippen LogP contribution >= 0.6 is 0 Å². The number of benzene rings is 1. The van der Waals surface area contributed by atoms with Crippen molar-refractivity contribution in [2.45, 2.75) is 6.18 Å². The van der Waals surface area contributed by atoms with Crippen LogP contribution in [0.2, 0.25) is 0 Å². The molecule has 0 fully saturated rings. The molecule has 0 aliphatic carbocycles. The molecule has 2 nitrogen and oxygen atoms in total. The van der Waals surface area contributed by atoms with Crippen LogP contribution in [0.1, 0.15) is 5.56 Å². The zero-order valence-electron chi connectivity index (χ0n) is 6.47. The number of halogens is 3. The van der Waals surface area contributed by atoms with Gasteiger partial charge in [0, 0.05) is 5.69 Å². The van der Waals surface area contributed by atoms with Crippen molar-refractivity contribution in [2.75, 3.05) is 5.23 Å². The highest BCUT2D eigenvalue weighted by Crippen LogP contribution is 2.30. The van der Waals surface area contributed by atoms with Crippen LogP contribution in [-0.2, 0) is 6.18 Å². The molecule has 6 heteroatoms. The van der Waals surface area contributed by atoms with Gasteiger partial charge in [-0.2, -0.15) is 13.2 Å². The largest absolute Gasteiger partial charge is 0.435 e. The van der Waals surface area contributed by atoms with E-state index in [0.29, 0.717) is 7.62 Å². The highest BCUT2D eigenvalue weighted by atomic mass is 19.4. The van der Waals surface area contributed by atoms with Gasteiger partial charge in [0.15, 0.2) is 0 Å². The predicted octanol–water partition coefficient (Wildman–Crippen LogP) is 1.64. The zero-order valence-corrected chi connectivity index (χ0v) is 6.47. The SMILES string of the molecule is O[B]Nc1cccc(C(F)(F)F)c1. The summed E-state index contributed by atoms with van der Waals surface area (Å²) in [5, 5.41) is 10.5. The number of nitrogens with one attached hydrogen (secondary N) is 1. The molecule has 1 aromatic rings. The van der Waals surface area contributed by atoms with Crippen LogP contribution < -0.4 is 5.23 Å². The zero-order chi connectivity index (χ0) is 9.90. The molecular formula is C7H6BF3NO. The Morgan fingerprint density at radius 2 is 2.00 bits per heavy atom. The van der Waals surface area contributed by atoms with E-state index in [1.165, 1.54) is 12.1 Å². The summed E-state index contributed by atoms with van der Waals surface area (Å²) in [7, 11) is 0.579. The van der Waals surface area contributed by atoms with Gasteiger partial charge in [0.1, 0.15) is 0 Å². The number of hydrogen-bond donors (Lipinski definition) is 2. The van der Waals surface area contributed by atoms with Gasteiger partial charge in [0.2, 0.25) is 0 Å². The summed E-state index contributed by atoms with van der Waals surface area (Å²) < 4.78 is 36.3. The summed E-state index contributed by atoms with van der Waals surface area (Å²) in [6, 6.07) is 4.55. The molecule has 0 heterocycles. The van der Waals surface area contributed by atoms with Crippen molar-refractivity contribution in [3.8, 4) is 0 Å². The van der Waals surface area contributed by atoms with Gasteiger partial charge in [-0.25, -0.2) is 0 Å². The fourth-order valence-electron chi connectivity index (χ4n) is 0.860. The molecular weight excluding hydrogens is 182 g/mol. The first-order chi connectivity index (χ1) is 6.04. The summed E-state index contributed by atoms with van der Waals surface area (Å²) in [4.78, 5) is 0. The standard InChI is InChI=1S/C7H6BF3NO/c9-7(10,11)5-2-1-3-6(4-5)12-8-13/h1-4,12-13H. The van der Waals surface area contributed by atoms with Gasteiger partial charge in [-0.1, -0.05) is 6.07 Å². The fourth-order valence-corrected chi connectivity index (χ4v) is 0.860. The minimum Gasteiger partial charge on any atom is -0.435 e. The molecule has 2 N–H and O–H groups in total. The summed E-state index contributed by atoms with van der Waals surface area (Å²) in [5.74, 6) is 0. The molecule has 0 saturated heterocycles. The average molecular weight is 188 g/mol. The van der Waals surface area contributed by atoms with Crippen molar-refractivity contribution >= 4 is 13.3 Å². The van der Waals surface area contributed by atoms with E-state index in [9.17, 15) is 13.2 Å². The van der Waals surface area contributed by atoms with Crippen LogP contribution in [0, 0.1) is 0 Å². The van der Waals surface area contributed by atoms with Gasteiger partial charge in [-0.05, 0) is 18.2 Å². The van der Waals surface area contributed by atoms with Crippen LogP contribution in [0.15, 0.2) is 24.3 Å². The van der Waals surface area contributed by atoms with E-state index < -0.39 is 11.7 Å². The topological polar surface area (TPSA) is 32.3 Å². The Labute approximate surface area is 73.7 Å². The van der Waals surface area contributed by atoms with Crippen molar-refractivity contribution in [3.63, 3.8) is 0 Å². The lowest BCUT2D eigenvalue weighted by Crippen LogP contribution is -2.08. The van der Waals surface area contributed by atoms with E-state index in [-0.39, 0.29) is 5.69 Å². The van der Waals surface area contributed by atoms with Crippen LogP contribution in [0.4, 0.5) is 18.9 Å². The lowest BCUT2D eigenvalue weighted by molar-refractivity contribution is -0.137. The molecule has 0 unspecified atom stereocenters. The second kappa shape index (κ2) is 3.70. The molecule has 1 aromatic carbocycles.